The summed E-state index contributed by atoms with van der Waals surface area (Å²) in [5.41, 5.74) is 1.06. The topological polar surface area (TPSA) is 41.1 Å². The summed E-state index contributed by atoms with van der Waals surface area (Å²) in [6, 6.07) is 7.51. The molecule has 0 fully saturated rings. The molecule has 2 atom stereocenters. The van der Waals surface area contributed by atoms with Crippen LogP contribution in [-0.4, -0.2) is 19.5 Å². The van der Waals surface area contributed by atoms with Gasteiger partial charge < -0.3 is 10.6 Å². The molecular formula is C13H19ClN2O. The second-order valence-corrected chi connectivity index (χ2v) is 4.68. The maximum absolute atomic E-state index is 11.8. The summed E-state index contributed by atoms with van der Waals surface area (Å²) < 4.78 is 0. The van der Waals surface area contributed by atoms with Crippen molar-refractivity contribution in [3.63, 3.8) is 0 Å². The zero-order chi connectivity index (χ0) is 12.8. The van der Waals surface area contributed by atoms with Crippen molar-refractivity contribution in [2.24, 2.45) is 5.92 Å². The number of benzene rings is 1. The Hall–Kier alpha value is -1.06. The molecule has 1 unspecified atom stereocenters. The SMILES string of the molecule is CNCC(C)C(=O)N[C@@H](C)c1ccc(Cl)cc1. The fourth-order valence-corrected chi connectivity index (χ4v) is 1.72. The molecule has 1 aromatic carbocycles. The smallest absolute Gasteiger partial charge is 0.224 e. The van der Waals surface area contributed by atoms with E-state index in [9.17, 15) is 4.79 Å². The van der Waals surface area contributed by atoms with E-state index >= 15 is 0 Å². The molecule has 0 spiro atoms. The normalized spacial score (nSPS) is 14.1. The average molecular weight is 255 g/mol. The molecular weight excluding hydrogens is 236 g/mol. The number of rotatable bonds is 5. The monoisotopic (exact) mass is 254 g/mol. The fraction of sp³-hybridized carbons (Fsp3) is 0.462. The van der Waals surface area contributed by atoms with Gasteiger partial charge in [0.15, 0.2) is 0 Å². The van der Waals surface area contributed by atoms with Crippen LogP contribution >= 0.6 is 11.6 Å². The lowest BCUT2D eigenvalue weighted by Gasteiger charge is -2.17. The number of carbonyl (C=O) groups excluding carboxylic acids is 1. The van der Waals surface area contributed by atoms with E-state index in [1.807, 2.05) is 45.2 Å². The van der Waals surface area contributed by atoms with E-state index in [4.69, 9.17) is 11.6 Å². The van der Waals surface area contributed by atoms with E-state index in [2.05, 4.69) is 10.6 Å². The van der Waals surface area contributed by atoms with Gasteiger partial charge in [0, 0.05) is 17.5 Å². The van der Waals surface area contributed by atoms with E-state index < -0.39 is 0 Å². The van der Waals surface area contributed by atoms with E-state index in [1.165, 1.54) is 0 Å². The third-order valence-corrected chi connectivity index (χ3v) is 2.94. The second-order valence-electron chi connectivity index (χ2n) is 4.24. The van der Waals surface area contributed by atoms with Gasteiger partial charge in [-0.1, -0.05) is 30.7 Å². The summed E-state index contributed by atoms with van der Waals surface area (Å²) in [7, 11) is 1.84. The fourth-order valence-electron chi connectivity index (χ4n) is 1.59. The first kappa shape index (κ1) is 14.0. The first-order chi connectivity index (χ1) is 8.04. The van der Waals surface area contributed by atoms with Crippen molar-refractivity contribution in [1.29, 1.82) is 0 Å². The Bertz CT molecular complexity index is 364. The van der Waals surface area contributed by atoms with Crippen LogP contribution in [0.5, 0.6) is 0 Å². The molecule has 2 N–H and O–H groups in total. The summed E-state index contributed by atoms with van der Waals surface area (Å²) in [5, 5.41) is 6.67. The minimum absolute atomic E-state index is 0.000859. The predicted molar refractivity (Wildman–Crippen MR) is 71.1 cm³/mol. The second kappa shape index (κ2) is 6.62. The van der Waals surface area contributed by atoms with Crippen LogP contribution in [0.2, 0.25) is 5.02 Å². The van der Waals surface area contributed by atoms with E-state index in [-0.39, 0.29) is 17.9 Å². The van der Waals surface area contributed by atoms with Crippen molar-refractivity contribution < 1.29 is 4.79 Å². The zero-order valence-electron chi connectivity index (χ0n) is 10.5. The van der Waals surface area contributed by atoms with Gasteiger partial charge in [0.2, 0.25) is 5.91 Å². The molecule has 0 bridgehead atoms. The number of nitrogens with one attached hydrogen (secondary N) is 2. The summed E-state index contributed by atoms with van der Waals surface area (Å²) >= 11 is 5.82. The molecule has 0 aromatic heterocycles. The third-order valence-electron chi connectivity index (χ3n) is 2.69. The predicted octanol–water partition coefficient (Wildman–Crippen LogP) is 2.37. The molecule has 0 aliphatic heterocycles. The zero-order valence-corrected chi connectivity index (χ0v) is 11.2. The summed E-state index contributed by atoms with van der Waals surface area (Å²) in [6.45, 7) is 4.55. The first-order valence-corrected chi connectivity index (χ1v) is 6.12. The van der Waals surface area contributed by atoms with Crippen molar-refractivity contribution in [2.75, 3.05) is 13.6 Å². The highest BCUT2D eigenvalue weighted by Crippen LogP contribution is 2.16. The van der Waals surface area contributed by atoms with Crippen LogP contribution < -0.4 is 10.6 Å². The van der Waals surface area contributed by atoms with Crippen LogP contribution in [0.1, 0.15) is 25.5 Å². The van der Waals surface area contributed by atoms with Gasteiger partial charge in [-0.15, -0.1) is 0 Å². The molecule has 0 aliphatic rings. The van der Waals surface area contributed by atoms with Gasteiger partial charge in [-0.2, -0.15) is 0 Å². The molecule has 0 heterocycles. The van der Waals surface area contributed by atoms with Crippen LogP contribution in [0.4, 0.5) is 0 Å². The van der Waals surface area contributed by atoms with Crippen LogP contribution in [0, 0.1) is 5.92 Å². The Morgan fingerprint density at radius 2 is 1.88 bits per heavy atom. The molecule has 3 nitrogen and oxygen atoms in total. The lowest BCUT2D eigenvalue weighted by molar-refractivity contribution is -0.125. The van der Waals surface area contributed by atoms with Crippen LogP contribution in [0.25, 0.3) is 0 Å². The Morgan fingerprint density at radius 1 is 1.29 bits per heavy atom. The minimum atomic E-state index is -0.0326. The number of hydrogen-bond donors (Lipinski definition) is 2. The van der Waals surface area contributed by atoms with Gasteiger partial charge in [0.05, 0.1) is 6.04 Å². The van der Waals surface area contributed by atoms with Crippen molar-refractivity contribution in [2.45, 2.75) is 19.9 Å². The van der Waals surface area contributed by atoms with Crippen molar-refractivity contribution >= 4 is 17.5 Å². The highest BCUT2D eigenvalue weighted by atomic mass is 35.5. The summed E-state index contributed by atoms with van der Waals surface area (Å²) in [5.74, 6) is 0.0246. The Balaban J connectivity index is 2.57. The van der Waals surface area contributed by atoms with Crippen LogP contribution in [0.3, 0.4) is 0 Å². The first-order valence-electron chi connectivity index (χ1n) is 5.75. The Morgan fingerprint density at radius 3 is 2.41 bits per heavy atom. The maximum Gasteiger partial charge on any atom is 0.224 e. The van der Waals surface area contributed by atoms with Gasteiger partial charge in [0.1, 0.15) is 0 Å². The van der Waals surface area contributed by atoms with E-state index in [0.29, 0.717) is 11.6 Å². The van der Waals surface area contributed by atoms with Crippen molar-refractivity contribution in [3.05, 3.63) is 34.9 Å². The third kappa shape index (κ3) is 4.36. The van der Waals surface area contributed by atoms with E-state index in [1.54, 1.807) is 0 Å². The molecule has 4 heteroatoms. The lowest BCUT2D eigenvalue weighted by Crippen LogP contribution is -2.35. The van der Waals surface area contributed by atoms with E-state index in [0.717, 1.165) is 5.56 Å². The Labute approximate surface area is 108 Å². The van der Waals surface area contributed by atoms with Crippen molar-refractivity contribution in [3.8, 4) is 0 Å². The lowest BCUT2D eigenvalue weighted by atomic mass is 10.1. The molecule has 17 heavy (non-hydrogen) atoms. The van der Waals surface area contributed by atoms with Gasteiger partial charge in [-0.3, -0.25) is 4.79 Å². The molecule has 0 saturated carbocycles. The molecule has 0 aliphatic carbocycles. The maximum atomic E-state index is 11.8. The summed E-state index contributed by atoms with van der Waals surface area (Å²) in [4.78, 5) is 11.8. The number of carbonyl (C=O) groups is 1. The number of halogens is 1. The van der Waals surface area contributed by atoms with Crippen LogP contribution in [0.15, 0.2) is 24.3 Å². The number of hydrogen-bond acceptors (Lipinski definition) is 2. The quantitative estimate of drug-likeness (QED) is 0.847. The molecule has 1 aromatic rings. The molecule has 1 rings (SSSR count). The van der Waals surface area contributed by atoms with Gasteiger partial charge in [-0.05, 0) is 31.7 Å². The van der Waals surface area contributed by atoms with Gasteiger partial charge in [-0.25, -0.2) is 0 Å². The molecule has 0 saturated heterocycles. The molecule has 94 valence electrons. The van der Waals surface area contributed by atoms with Crippen molar-refractivity contribution in [1.82, 2.24) is 10.6 Å². The highest BCUT2D eigenvalue weighted by molar-refractivity contribution is 6.30. The largest absolute Gasteiger partial charge is 0.349 e. The molecule has 0 radical (unpaired) electrons. The van der Waals surface area contributed by atoms with Gasteiger partial charge >= 0.3 is 0 Å². The number of amides is 1. The highest BCUT2D eigenvalue weighted by Gasteiger charge is 2.15. The molecule has 1 amide bonds. The summed E-state index contributed by atoms with van der Waals surface area (Å²) in [6.07, 6.45) is 0. The van der Waals surface area contributed by atoms with Crippen LogP contribution in [-0.2, 0) is 4.79 Å². The minimum Gasteiger partial charge on any atom is -0.349 e. The average Bonchev–Trinajstić information content (AvgIpc) is 2.30. The van der Waals surface area contributed by atoms with Gasteiger partial charge in [0.25, 0.3) is 0 Å². The standard InChI is InChI=1S/C13H19ClN2O/c1-9(8-15-3)13(17)16-10(2)11-4-6-12(14)7-5-11/h4-7,9-10,15H,8H2,1-3H3,(H,16,17)/t9?,10-/m0/s1. The Kier molecular flexibility index (Phi) is 5.45.